The highest BCUT2D eigenvalue weighted by Crippen LogP contribution is 2.19. The number of nitrogens with one attached hydrogen (secondary N) is 2. The molecule has 3 rings (SSSR count). The molecule has 0 saturated carbocycles. The van der Waals surface area contributed by atoms with Crippen molar-refractivity contribution in [2.24, 2.45) is 0 Å². The molecule has 0 aromatic heterocycles. The highest BCUT2D eigenvalue weighted by molar-refractivity contribution is 6.06. The van der Waals surface area contributed by atoms with Crippen LogP contribution < -0.4 is 15.5 Å². The lowest BCUT2D eigenvalue weighted by molar-refractivity contribution is 0.102. The molecular weight excluding hydrogens is 362 g/mol. The van der Waals surface area contributed by atoms with Crippen LogP contribution in [0, 0.1) is 0 Å². The van der Waals surface area contributed by atoms with E-state index >= 15 is 0 Å². The predicted octanol–water partition coefficient (Wildman–Crippen LogP) is 5.04. The van der Waals surface area contributed by atoms with E-state index in [1.807, 2.05) is 42.5 Å². The Morgan fingerprint density at radius 1 is 0.655 bits per heavy atom. The molecule has 0 heterocycles. The van der Waals surface area contributed by atoms with Crippen molar-refractivity contribution < 1.29 is 9.59 Å². The minimum atomic E-state index is -0.193. The summed E-state index contributed by atoms with van der Waals surface area (Å²) in [5.41, 5.74) is 3.62. The quantitative estimate of drug-likeness (QED) is 0.597. The summed E-state index contributed by atoms with van der Waals surface area (Å²) in [5.74, 6) is -0.377. The van der Waals surface area contributed by atoms with Gasteiger partial charge in [0.05, 0.1) is 0 Å². The SMILES string of the molecule is CCN(CC)c1ccc(NC(=O)c2ccc(NC(=O)c3ccccc3)cc2)cc1. The van der Waals surface area contributed by atoms with Gasteiger partial charge in [0, 0.05) is 41.3 Å². The van der Waals surface area contributed by atoms with Gasteiger partial charge in [-0.05, 0) is 74.5 Å². The molecule has 0 atom stereocenters. The number of carbonyl (C=O) groups is 2. The highest BCUT2D eigenvalue weighted by Gasteiger charge is 2.09. The lowest BCUT2D eigenvalue weighted by Gasteiger charge is -2.21. The molecule has 0 aliphatic carbocycles. The smallest absolute Gasteiger partial charge is 0.255 e. The van der Waals surface area contributed by atoms with Crippen LogP contribution in [-0.4, -0.2) is 24.9 Å². The third-order valence-corrected chi connectivity index (χ3v) is 4.69. The van der Waals surface area contributed by atoms with E-state index in [1.54, 1.807) is 36.4 Å². The molecule has 0 unspecified atom stereocenters. The van der Waals surface area contributed by atoms with E-state index in [2.05, 4.69) is 29.4 Å². The Bertz CT molecular complexity index is 948. The van der Waals surface area contributed by atoms with Crippen molar-refractivity contribution in [1.82, 2.24) is 0 Å². The van der Waals surface area contributed by atoms with E-state index in [0.717, 1.165) is 24.5 Å². The van der Waals surface area contributed by atoms with Crippen LogP contribution in [0.4, 0.5) is 17.1 Å². The Kier molecular flexibility index (Phi) is 6.63. The minimum absolute atomic E-state index is 0.184. The van der Waals surface area contributed by atoms with Crippen LogP contribution >= 0.6 is 0 Å². The number of anilines is 3. The Morgan fingerprint density at radius 3 is 1.59 bits per heavy atom. The Hall–Kier alpha value is -3.60. The summed E-state index contributed by atoms with van der Waals surface area (Å²) < 4.78 is 0. The second-order valence-corrected chi connectivity index (χ2v) is 6.57. The fourth-order valence-corrected chi connectivity index (χ4v) is 3.05. The highest BCUT2D eigenvalue weighted by atomic mass is 16.2. The summed E-state index contributed by atoms with van der Waals surface area (Å²) >= 11 is 0. The zero-order valence-corrected chi connectivity index (χ0v) is 16.7. The maximum absolute atomic E-state index is 12.5. The van der Waals surface area contributed by atoms with Crippen LogP contribution in [0.5, 0.6) is 0 Å². The summed E-state index contributed by atoms with van der Waals surface area (Å²) in [5, 5.41) is 5.73. The van der Waals surface area contributed by atoms with Crippen LogP contribution in [0.15, 0.2) is 78.9 Å². The van der Waals surface area contributed by atoms with Crippen molar-refractivity contribution in [3.8, 4) is 0 Å². The second-order valence-electron chi connectivity index (χ2n) is 6.57. The van der Waals surface area contributed by atoms with Gasteiger partial charge >= 0.3 is 0 Å². The largest absolute Gasteiger partial charge is 0.372 e. The molecule has 0 saturated heterocycles. The van der Waals surface area contributed by atoms with Gasteiger partial charge in [-0.3, -0.25) is 9.59 Å². The molecule has 5 nitrogen and oxygen atoms in total. The van der Waals surface area contributed by atoms with Crippen LogP contribution in [0.2, 0.25) is 0 Å². The van der Waals surface area contributed by atoms with E-state index < -0.39 is 0 Å². The fraction of sp³-hybridized carbons (Fsp3) is 0.167. The molecule has 0 fully saturated rings. The molecular formula is C24H25N3O2. The Labute approximate surface area is 171 Å². The van der Waals surface area contributed by atoms with Gasteiger partial charge in [-0.25, -0.2) is 0 Å². The van der Waals surface area contributed by atoms with Crippen molar-refractivity contribution in [2.75, 3.05) is 28.6 Å². The number of benzene rings is 3. The summed E-state index contributed by atoms with van der Waals surface area (Å²) in [7, 11) is 0. The molecule has 0 spiro atoms. The van der Waals surface area contributed by atoms with E-state index in [4.69, 9.17) is 0 Å². The van der Waals surface area contributed by atoms with Crippen LogP contribution in [-0.2, 0) is 0 Å². The van der Waals surface area contributed by atoms with Gasteiger partial charge in [-0.15, -0.1) is 0 Å². The first-order valence-electron chi connectivity index (χ1n) is 9.73. The van der Waals surface area contributed by atoms with Crippen molar-refractivity contribution >= 4 is 28.9 Å². The molecule has 5 heteroatoms. The third-order valence-electron chi connectivity index (χ3n) is 4.69. The number of carbonyl (C=O) groups excluding carboxylic acids is 2. The maximum Gasteiger partial charge on any atom is 0.255 e. The van der Waals surface area contributed by atoms with Gasteiger partial charge in [0.1, 0.15) is 0 Å². The standard InChI is InChI=1S/C24H25N3O2/c1-3-27(4-2)22-16-14-21(15-17-22)26-24(29)19-10-12-20(13-11-19)25-23(28)18-8-6-5-7-9-18/h5-17H,3-4H2,1-2H3,(H,25,28)(H,26,29). The number of amides is 2. The van der Waals surface area contributed by atoms with Gasteiger partial charge < -0.3 is 15.5 Å². The predicted molar refractivity (Wildman–Crippen MR) is 119 cm³/mol. The molecule has 0 aliphatic rings. The first-order chi connectivity index (χ1) is 14.1. The van der Waals surface area contributed by atoms with Crippen LogP contribution in [0.25, 0.3) is 0 Å². The van der Waals surface area contributed by atoms with Gasteiger partial charge in [0.2, 0.25) is 0 Å². The van der Waals surface area contributed by atoms with Gasteiger partial charge in [0.25, 0.3) is 11.8 Å². The average molecular weight is 387 g/mol. The molecule has 148 valence electrons. The van der Waals surface area contributed by atoms with Crippen molar-refractivity contribution in [3.05, 3.63) is 90.0 Å². The molecule has 0 radical (unpaired) electrons. The Morgan fingerprint density at radius 2 is 1.10 bits per heavy atom. The molecule has 2 N–H and O–H groups in total. The molecule has 29 heavy (non-hydrogen) atoms. The molecule has 3 aromatic carbocycles. The molecule has 3 aromatic rings. The van der Waals surface area contributed by atoms with E-state index in [9.17, 15) is 9.59 Å². The number of hydrogen-bond acceptors (Lipinski definition) is 3. The van der Waals surface area contributed by atoms with Gasteiger partial charge in [-0.2, -0.15) is 0 Å². The third kappa shape index (κ3) is 5.23. The summed E-state index contributed by atoms with van der Waals surface area (Å²) in [6.07, 6.45) is 0. The minimum Gasteiger partial charge on any atom is -0.372 e. The molecule has 0 aliphatic heterocycles. The number of nitrogens with zero attached hydrogens (tertiary/aromatic N) is 1. The summed E-state index contributed by atoms with van der Waals surface area (Å²) in [6.45, 7) is 6.11. The normalized spacial score (nSPS) is 10.3. The molecule has 2 amide bonds. The van der Waals surface area contributed by atoms with Crippen LogP contribution in [0.3, 0.4) is 0 Å². The topological polar surface area (TPSA) is 61.4 Å². The van der Waals surface area contributed by atoms with Gasteiger partial charge in [-0.1, -0.05) is 18.2 Å². The molecule has 0 bridgehead atoms. The first-order valence-corrected chi connectivity index (χ1v) is 9.73. The van der Waals surface area contributed by atoms with Crippen molar-refractivity contribution in [2.45, 2.75) is 13.8 Å². The zero-order chi connectivity index (χ0) is 20.6. The maximum atomic E-state index is 12.5. The average Bonchev–Trinajstić information content (AvgIpc) is 2.77. The summed E-state index contributed by atoms with van der Waals surface area (Å²) in [6, 6.07) is 23.6. The van der Waals surface area contributed by atoms with Crippen LogP contribution in [0.1, 0.15) is 34.6 Å². The second kappa shape index (κ2) is 9.55. The zero-order valence-electron chi connectivity index (χ0n) is 16.7. The van der Waals surface area contributed by atoms with Gasteiger partial charge in [0.15, 0.2) is 0 Å². The van der Waals surface area contributed by atoms with E-state index in [1.165, 1.54) is 0 Å². The van der Waals surface area contributed by atoms with Crippen molar-refractivity contribution in [3.63, 3.8) is 0 Å². The Balaban J connectivity index is 1.61. The van der Waals surface area contributed by atoms with E-state index in [0.29, 0.717) is 16.8 Å². The fourth-order valence-electron chi connectivity index (χ4n) is 3.05. The summed E-state index contributed by atoms with van der Waals surface area (Å²) in [4.78, 5) is 26.9. The monoisotopic (exact) mass is 387 g/mol. The van der Waals surface area contributed by atoms with Crippen molar-refractivity contribution in [1.29, 1.82) is 0 Å². The van der Waals surface area contributed by atoms with E-state index in [-0.39, 0.29) is 11.8 Å². The number of hydrogen-bond donors (Lipinski definition) is 2. The number of rotatable bonds is 7. The lowest BCUT2D eigenvalue weighted by Crippen LogP contribution is -2.21. The lowest BCUT2D eigenvalue weighted by atomic mass is 10.1. The first kappa shape index (κ1) is 20.1.